The van der Waals surface area contributed by atoms with Crippen LogP contribution in [0.2, 0.25) is 0 Å². The number of carbonyl (C=O) groups is 1. The van der Waals surface area contributed by atoms with E-state index in [0.717, 1.165) is 12.0 Å². The second kappa shape index (κ2) is 2.74. The summed E-state index contributed by atoms with van der Waals surface area (Å²) in [5.41, 5.74) is 0.867. The van der Waals surface area contributed by atoms with Gasteiger partial charge in [0.2, 0.25) is 0 Å². The normalized spacial score (nSPS) is 26.8. The molecule has 1 aliphatic rings. The predicted molar refractivity (Wildman–Crippen MR) is 48.0 cm³/mol. The van der Waals surface area contributed by atoms with Gasteiger partial charge in [0, 0.05) is 11.5 Å². The molecule has 1 fully saturated rings. The van der Waals surface area contributed by atoms with Crippen molar-refractivity contribution in [2.24, 2.45) is 11.8 Å². The number of carbonyl (C=O) groups excluding carboxylic acids is 1. The molecule has 0 amide bonds. The van der Waals surface area contributed by atoms with Crippen LogP contribution in [0.4, 0.5) is 0 Å². The number of hydrogen-bond donors (Lipinski definition) is 0. The van der Waals surface area contributed by atoms with E-state index in [1.165, 1.54) is 0 Å². The van der Waals surface area contributed by atoms with Crippen LogP contribution in [0.25, 0.3) is 0 Å². The first-order chi connectivity index (χ1) is 5.79. The molecule has 2 rings (SSSR count). The van der Waals surface area contributed by atoms with Crippen molar-refractivity contribution in [1.29, 1.82) is 0 Å². The van der Waals surface area contributed by atoms with Gasteiger partial charge in [-0.25, -0.2) is 0 Å². The fourth-order valence-electron chi connectivity index (χ4n) is 1.50. The molecule has 1 aromatic rings. The molecule has 1 nitrogen and oxygen atoms in total. The summed E-state index contributed by atoms with van der Waals surface area (Å²) in [6.07, 6.45) is 1.08. The van der Waals surface area contributed by atoms with E-state index in [-0.39, 0.29) is 0 Å². The van der Waals surface area contributed by atoms with E-state index < -0.39 is 0 Å². The number of rotatable bonds is 2. The molecule has 1 heteroatoms. The maximum absolute atomic E-state index is 11.6. The summed E-state index contributed by atoms with van der Waals surface area (Å²) in [5, 5.41) is 0. The smallest absolute Gasteiger partial charge is 0.166 e. The maximum Gasteiger partial charge on any atom is 0.166 e. The van der Waals surface area contributed by atoms with Crippen LogP contribution in [0.15, 0.2) is 30.3 Å². The van der Waals surface area contributed by atoms with E-state index in [4.69, 9.17) is 0 Å². The molecule has 12 heavy (non-hydrogen) atoms. The SMILES string of the molecule is C[C@H]1C[C@H]1C(=O)c1ccccc1. The van der Waals surface area contributed by atoms with Crippen molar-refractivity contribution in [3.8, 4) is 0 Å². The molecule has 1 aromatic carbocycles. The van der Waals surface area contributed by atoms with Crippen molar-refractivity contribution < 1.29 is 4.79 Å². The quantitative estimate of drug-likeness (QED) is 0.607. The Kier molecular flexibility index (Phi) is 1.72. The van der Waals surface area contributed by atoms with Crippen LogP contribution in [-0.4, -0.2) is 5.78 Å². The molecule has 0 heterocycles. The number of Topliss-reactive ketones (excluding diaryl/α,β-unsaturated/α-hetero) is 1. The van der Waals surface area contributed by atoms with Gasteiger partial charge in [-0.2, -0.15) is 0 Å². The Morgan fingerprint density at radius 2 is 1.92 bits per heavy atom. The van der Waals surface area contributed by atoms with E-state index in [1.807, 2.05) is 30.3 Å². The summed E-state index contributed by atoms with van der Waals surface area (Å²) >= 11 is 0. The Balaban J connectivity index is 2.16. The lowest BCUT2D eigenvalue weighted by atomic mass is 10.1. The predicted octanol–water partition coefficient (Wildman–Crippen LogP) is 2.53. The molecular formula is C11H12O. The zero-order chi connectivity index (χ0) is 8.55. The Bertz CT molecular complexity index is 289. The van der Waals surface area contributed by atoms with E-state index in [0.29, 0.717) is 17.6 Å². The highest BCUT2D eigenvalue weighted by molar-refractivity contribution is 5.99. The first-order valence-electron chi connectivity index (χ1n) is 4.38. The van der Waals surface area contributed by atoms with Gasteiger partial charge in [-0.15, -0.1) is 0 Å². The van der Waals surface area contributed by atoms with E-state index in [1.54, 1.807) is 0 Å². The third kappa shape index (κ3) is 1.27. The van der Waals surface area contributed by atoms with Gasteiger partial charge in [-0.1, -0.05) is 37.3 Å². The average molecular weight is 160 g/mol. The number of hydrogen-bond acceptors (Lipinski definition) is 1. The summed E-state index contributed by atoms with van der Waals surface area (Å²) in [7, 11) is 0. The molecule has 1 saturated carbocycles. The van der Waals surface area contributed by atoms with Gasteiger partial charge in [0.15, 0.2) is 5.78 Å². The summed E-state index contributed by atoms with van der Waals surface area (Å²) < 4.78 is 0. The summed E-state index contributed by atoms with van der Waals surface area (Å²) in [6.45, 7) is 2.13. The lowest BCUT2D eigenvalue weighted by Gasteiger charge is -1.96. The molecular weight excluding hydrogens is 148 g/mol. The minimum absolute atomic E-state index is 0.312. The highest BCUT2D eigenvalue weighted by Crippen LogP contribution is 2.40. The molecule has 0 unspecified atom stereocenters. The fraction of sp³-hybridized carbons (Fsp3) is 0.364. The third-order valence-electron chi connectivity index (χ3n) is 2.50. The largest absolute Gasteiger partial charge is 0.294 e. The Hall–Kier alpha value is -1.11. The van der Waals surface area contributed by atoms with E-state index in [2.05, 4.69) is 6.92 Å². The van der Waals surface area contributed by atoms with Gasteiger partial charge in [0.05, 0.1) is 0 Å². The molecule has 0 aromatic heterocycles. The van der Waals surface area contributed by atoms with Crippen molar-refractivity contribution in [2.75, 3.05) is 0 Å². The monoisotopic (exact) mass is 160 g/mol. The third-order valence-corrected chi connectivity index (χ3v) is 2.50. The molecule has 0 bridgehead atoms. The highest BCUT2D eigenvalue weighted by Gasteiger charge is 2.39. The van der Waals surface area contributed by atoms with Crippen LogP contribution in [0.5, 0.6) is 0 Å². The minimum Gasteiger partial charge on any atom is -0.294 e. The molecule has 2 atom stereocenters. The van der Waals surface area contributed by atoms with Gasteiger partial charge in [0.1, 0.15) is 0 Å². The average Bonchev–Trinajstić information content (AvgIpc) is 2.83. The topological polar surface area (TPSA) is 17.1 Å². The molecule has 0 N–H and O–H groups in total. The van der Waals surface area contributed by atoms with Crippen LogP contribution in [0, 0.1) is 11.8 Å². The van der Waals surface area contributed by atoms with Crippen LogP contribution in [0.1, 0.15) is 23.7 Å². The summed E-state index contributed by atoms with van der Waals surface area (Å²) in [5.74, 6) is 1.24. The number of benzene rings is 1. The second-order valence-corrected chi connectivity index (χ2v) is 3.55. The molecule has 62 valence electrons. The molecule has 1 aliphatic carbocycles. The van der Waals surface area contributed by atoms with Crippen molar-refractivity contribution in [2.45, 2.75) is 13.3 Å². The maximum atomic E-state index is 11.6. The van der Waals surface area contributed by atoms with Gasteiger partial charge in [-0.05, 0) is 12.3 Å². The lowest BCUT2D eigenvalue weighted by Crippen LogP contribution is -2.01. The second-order valence-electron chi connectivity index (χ2n) is 3.55. The summed E-state index contributed by atoms with van der Waals surface area (Å²) in [4.78, 5) is 11.6. The van der Waals surface area contributed by atoms with Gasteiger partial charge in [-0.3, -0.25) is 4.79 Å². The van der Waals surface area contributed by atoms with E-state index >= 15 is 0 Å². The standard InChI is InChI=1S/C11H12O/c1-8-7-10(8)11(12)9-5-3-2-4-6-9/h2-6,8,10H,7H2,1H3/t8-,10+/m0/s1. The Morgan fingerprint density at radius 3 is 2.42 bits per heavy atom. The summed E-state index contributed by atoms with van der Waals surface area (Å²) in [6, 6.07) is 9.56. The number of ketones is 1. The van der Waals surface area contributed by atoms with Crippen molar-refractivity contribution in [3.05, 3.63) is 35.9 Å². The zero-order valence-electron chi connectivity index (χ0n) is 7.16. The lowest BCUT2D eigenvalue weighted by molar-refractivity contribution is 0.0962. The minimum atomic E-state index is 0.312. The zero-order valence-corrected chi connectivity index (χ0v) is 7.16. The molecule has 0 spiro atoms. The van der Waals surface area contributed by atoms with Crippen LogP contribution in [0.3, 0.4) is 0 Å². The van der Waals surface area contributed by atoms with Crippen molar-refractivity contribution >= 4 is 5.78 Å². The van der Waals surface area contributed by atoms with Crippen LogP contribution in [-0.2, 0) is 0 Å². The first-order valence-corrected chi connectivity index (χ1v) is 4.38. The van der Waals surface area contributed by atoms with Crippen LogP contribution >= 0.6 is 0 Å². The van der Waals surface area contributed by atoms with Gasteiger partial charge < -0.3 is 0 Å². The van der Waals surface area contributed by atoms with Crippen molar-refractivity contribution in [1.82, 2.24) is 0 Å². The Morgan fingerprint density at radius 1 is 1.33 bits per heavy atom. The van der Waals surface area contributed by atoms with Gasteiger partial charge >= 0.3 is 0 Å². The first kappa shape index (κ1) is 7.53. The highest BCUT2D eigenvalue weighted by atomic mass is 16.1. The molecule has 0 saturated heterocycles. The van der Waals surface area contributed by atoms with Crippen molar-refractivity contribution in [3.63, 3.8) is 0 Å². The molecule has 0 aliphatic heterocycles. The van der Waals surface area contributed by atoms with E-state index in [9.17, 15) is 4.79 Å². The fourth-order valence-corrected chi connectivity index (χ4v) is 1.50. The Labute approximate surface area is 72.4 Å². The molecule has 0 radical (unpaired) electrons. The van der Waals surface area contributed by atoms with Gasteiger partial charge in [0.25, 0.3) is 0 Å². The van der Waals surface area contributed by atoms with Crippen LogP contribution < -0.4 is 0 Å².